The minimum Gasteiger partial charge on any atom is -0.369 e. The molecule has 1 spiro atoms. The second-order valence-electron chi connectivity index (χ2n) is 7.67. The Morgan fingerprint density at radius 1 is 1.42 bits per heavy atom. The summed E-state index contributed by atoms with van der Waals surface area (Å²) in [4.78, 5) is 18.5. The van der Waals surface area contributed by atoms with E-state index in [9.17, 15) is 4.79 Å². The summed E-state index contributed by atoms with van der Waals surface area (Å²) in [7, 11) is 1.72. The van der Waals surface area contributed by atoms with E-state index in [2.05, 4.69) is 33.5 Å². The van der Waals surface area contributed by atoms with Crippen molar-refractivity contribution in [3.8, 4) is 0 Å². The third-order valence-corrected chi connectivity index (χ3v) is 6.58. The zero-order valence-corrected chi connectivity index (χ0v) is 15.4. The van der Waals surface area contributed by atoms with Crippen LogP contribution in [0.5, 0.6) is 0 Å². The monoisotopic (exact) mass is 349 g/mol. The molecule has 1 saturated carbocycles. The van der Waals surface area contributed by atoms with E-state index < -0.39 is 0 Å². The molecule has 1 atom stereocenters. The molecule has 3 heterocycles. The Labute approximate surface area is 148 Å². The highest BCUT2D eigenvalue weighted by Crippen LogP contribution is 2.36. The van der Waals surface area contributed by atoms with Gasteiger partial charge >= 0.3 is 0 Å². The number of aryl methyl sites for hydroxylation is 1. The summed E-state index contributed by atoms with van der Waals surface area (Å²) >= 11 is 1.84. The number of nitrogens with zero attached hydrogens (tertiary/aromatic N) is 2. The Morgan fingerprint density at radius 3 is 2.83 bits per heavy atom. The molecular formula is C18H27N3O2S. The predicted octanol–water partition coefficient (Wildman–Crippen LogP) is 1.47. The molecule has 3 fully saturated rings. The highest BCUT2D eigenvalue weighted by molar-refractivity contribution is 7.10. The lowest BCUT2D eigenvalue weighted by Crippen LogP contribution is -2.72. The third-order valence-electron chi connectivity index (χ3n) is 5.58. The van der Waals surface area contributed by atoms with Crippen LogP contribution in [0.15, 0.2) is 11.4 Å². The number of nitrogens with one attached hydrogen (secondary N) is 1. The Hall–Kier alpha value is -0.950. The topological polar surface area (TPSA) is 44.8 Å². The molecule has 1 aliphatic carbocycles. The number of carbonyl (C=O) groups excluding carboxylic acids is 1. The first kappa shape index (κ1) is 16.5. The minimum atomic E-state index is -0.116. The molecule has 1 aromatic rings. The minimum absolute atomic E-state index is 0.0649. The van der Waals surface area contributed by atoms with E-state index in [-0.39, 0.29) is 17.6 Å². The van der Waals surface area contributed by atoms with Gasteiger partial charge in [0.05, 0.1) is 6.61 Å². The van der Waals surface area contributed by atoms with Crippen LogP contribution in [-0.4, -0.2) is 67.2 Å². The molecule has 0 bridgehead atoms. The van der Waals surface area contributed by atoms with E-state index in [0.717, 1.165) is 38.6 Å². The van der Waals surface area contributed by atoms with Crippen LogP contribution in [0, 0.1) is 12.8 Å². The summed E-state index contributed by atoms with van der Waals surface area (Å²) in [5.41, 5.74) is 1.32. The SMILES string of the molecule is CNC(=O)[C@H]1COC2(CN(Cc3sccc3C)C2)CN1CC1CC1. The van der Waals surface area contributed by atoms with Crippen LogP contribution in [0.2, 0.25) is 0 Å². The molecule has 3 aliphatic rings. The van der Waals surface area contributed by atoms with E-state index in [0.29, 0.717) is 6.61 Å². The number of rotatable bonds is 5. The van der Waals surface area contributed by atoms with Gasteiger partial charge in [0, 0.05) is 44.6 Å². The molecule has 24 heavy (non-hydrogen) atoms. The van der Waals surface area contributed by atoms with Gasteiger partial charge in [0.25, 0.3) is 0 Å². The number of carbonyl (C=O) groups is 1. The van der Waals surface area contributed by atoms with E-state index in [1.54, 1.807) is 7.05 Å². The molecule has 0 unspecified atom stereocenters. The van der Waals surface area contributed by atoms with Crippen molar-refractivity contribution in [2.24, 2.45) is 5.92 Å². The summed E-state index contributed by atoms with van der Waals surface area (Å²) in [5, 5.41) is 4.97. The summed E-state index contributed by atoms with van der Waals surface area (Å²) in [6, 6.07) is 2.08. The van der Waals surface area contributed by atoms with Gasteiger partial charge in [-0.25, -0.2) is 0 Å². The molecule has 0 aromatic carbocycles. The smallest absolute Gasteiger partial charge is 0.239 e. The largest absolute Gasteiger partial charge is 0.369 e. The van der Waals surface area contributed by atoms with E-state index >= 15 is 0 Å². The maximum Gasteiger partial charge on any atom is 0.239 e. The van der Waals surface area contributed by atoms with Gasteiger partial charge in [-0.3, -0.25) is 14.6 Å². The van der Waals surface area contributed by atoms with Crippen molar-refractivity contribution in [2.75, 3.05) is 39.8 Å². The zero-order chi connectivity index (χ0) is 16.7. The normalized spacial score (nSPS) is 27.2. The van der Waals surface area contributed by atoms with Crippen LogP contribution < -0.4 is 5.32 Å². The molecule has 4 rings (SSSR count). The standard InChI is InChI=1S/C18H27N3O2S/c1-13-5-6-24-16(13)8-20-10-18(11-20)12-21(7-14-3-4-14)15(9-23-18)17(22)19-2/h5-6,14-15H,3-4,7-12H2,1-2H3,(H,19,22)/t15-/m1/s1. The molecule has 132 valence electrons. The molecule has 6 heteroatoms. The molecular weight excluding hydrogens is 322 g/mol. The van der Waals surface area contributed by atoms with Crippen LogP contribution in [-0.2, 0) is 16.1 Å². The molecule has 1 aromatic heterocycles. The van der Waals surface area contributed by atoms with Gasteiger partial charge in [-0.1, -0.05) is 0 Å². The first-order valence-corrected chi connectivity index (χ1v) is 9.81. The predicted molar refractivity (Wildman–Crippen MR) is 95.2 cm³/mol. The molecule has 0 radical (unpaired) electrons. The number of amides is 1. The van der Waals surface area contributed by atoms with Crippen LogP contribution >= 0.6 is 11.3 Å². The van der Waals surface area contributed by atoms with Gasteiger partial charge in [0.1, 0.15) is 11.6 Å². The van der Waals surface area contributed by atoms with Crippen LogP contribution in [0.25, 0.3) is 0 Å². The quantitative estimate of drug-likeness (QED) is 0.874. The lowest BCUT2D eigenvalue weighted by atomic mass is 9.90. The van der Waals surface area contributed by atoms with Gasteiger partial charge in [-0.15, -0.1) is 11.3 Å². The average Bonchev–Trinajstić information content (AvgIpc) is 3.27. The van der Waals surface area contributed by atoms with E-state index in [1.165, 1.54) is 23.3 Å². The van der Waals surface area contributed by atoms with Crippen LogP contribution in [0.4, 0.5) is 0 Å². The van der Waals surface area contributed by atoms with Gasteiger partial charge in [0.2, 0.25) is 5.91 Å². The zero-order valence-electron chi connectivity index (χ0n) is 14.6. The fraction of sp³-hybridized carbons (Fsp3) is 0.722. The van der Waals surface area contributed by atoms with Gasteiger partial charge < -0.3 is 10.1 Å². The highest BCUT2D eigenvalue weighted by Gasteiger charge is 2.51. The summed E-state index contributed by atoms with van der Waals surface area (Å²) < 4.78 is 6.21. The molecule has 2 saturated heterocycles. The number of likely N-dealkylation sites (N-methyl/N-ethyl adjacent to an activating group) is 1. The number of thiophene rings is 1. The fourth-order valence-electron chi connectivity index (χ4n) is 3.96. The molecule has 2 aliphatic heterocycles. The van der Waals surface area contributed by atoms with Crippen molar-refractivity contribution in [3.63, 3.8) is 0 Å². The van der Waals surface area contributed by atoms with Crippen molar-refractivity contribution in [3.05, 3.63) is 21.9 Å². The number of hydrogen-bond acceptors (Lipinski definition) is 5. The maximum atomic E-state index is 12.2. The highest BCUT2D eigenvalue weighted by atomic mass is 32.1. The number of morpholine rings is 1. The van der Waals surface area contributed by atoms with Gasteiger partial charge in [-0.2, -0.15) is 0 Å². The van der Waals surface area contributed by atoms with E-state index in [1.807, 2.05) is 11.3 Å². The Bertz CT molecular complexity index is 607. The second-order valence-corrected chi connectivity index (χ2v) is 8.67. The lowest BCUT2D eigenvalue weighted by Gasteiger charge is -2.55. The lowest BCUT2D eigenvalue weighted by molar-refractivity contribution is -0.202. The van der Waals surface area contributed by atoms with Crippen molar-refractivity contribution in [1.82, 2.24) is 15.1 Å². The number of ether oxygens (including phenoxy) is 1. The summed E-state index contributed by atoms with van der Waals surface area (Å²) in [5.74, 6) is 0.883. The van der Waals surface area contributed by atoms with Gasteiger partial charge in [-0.05, 0) is 42.7 Å². The summed E-state index contributed by atoms with van der Waals surface area (Å²) in [6.07, 6.45) is 2.63. The molecule has 5 nitrogen and oxygen atoms in total. The van der Waals surface area contributed by atoms with Crippen molar-refractivity contribution in [2.45, 2.75) is 38.0 Å². The second kappa shape index (κ2) is 6.41. The van der Waals surface area contributed by atoms with Crippen LogP contribution in [0.3, 0.4) is 0 Å². The van der Waals surface area contributed by atoms with Crippen LogP contribution in [0.1, 0.15) is 23.3 Å². The first-order valence-electron chi connectivity index (χ1n) is 8.93. The molecule has 1 amide bonds. The fourth-order valence-corrected chi connectivity index (χ4v) is 4.91. The Balaban J connectivity index is 1.37. The first-order chi connectivity index (χ1) is 11.6. The Kier molecular flexibility index (Phi) is 4.41. The number of likely N-dealkylation sites (tertiary alicyclic amines) is 1. The van der Waals surface area contributed by atoms with Crippen molar-refractivity contribution >= 4 is 17.2 Å². The maximum absolute atomic E-state index is 12.2. The Morgan fingerprint density at radius 2 is 2.21 bits per heavy atom. The average molecular weight is 350 g/mol. The van der Waals surface area contributed by atoms with Crippen molar-refractivity contribution < 1.29 is 9.53 Å². The third kappa shape index (κ3) is 3.25. The number of hydrogen-bond donors (Lipinski definition) is 1. The van der Waals surface area contributed by atoms with E-state index in [4.69, 9.17) is 4.74 Å². The van der Waals surface area contributed by atoms with Crippen molar-refractivity contribution in [1.29, 1.82) is 0 Å². The summed E-state index contributed by atoms with van der Waals surface area (Å²) in [6.45, 7) is 7.63. The molecule has 1 N–H and O–H groups in total. The van der Waals surface area contributed by atoms with Gasteiger partial charge in [0.15, 0.2) is 0 Å².